The predicted molar refractivity (Wildman–Crippen MR) is 57.5 cm³/mol. The third kappa shape index (κ3) is 2.53. The molecule has 2 rings (SSSR count). The number of nitrogens with one attached hydrogen (secondary N) is 1. The molecule has 1 fully saturated rings. The Morgan fingerprint density at radius 3 is 3.36 bits per heavy atom. The van der Waals surface area contributed by atoms with Crippen LogP contribution in [-0.2, 0) is 17.8 Å². The van der Waals surface area contributed by atoms with Crippen molar-refractivity contribution in [3.63, 3.8) is 0 Å². The Labute approximate surface area is 88.5 Å². The van der Waals surface area contributed by atoms with E-state index in [0.29, 0.717) is 6.61 Å². The van der Waals surface area contributed by atoms with Gasteiger partial charge in [-0.3, -0.25) is 0 Å². The SMILES string of the molecule is COCc1nc(CC2CCNC2)cs1. The average Bonchev–Trinajstić information content (AvgIpc) is 2.79. The van der Waals surface area contributed by atoms with Gasteiger partial charge in [0.05, 0.1) is 12.3 Å². The molecule has 1 aliphatic heterocycles. The van der Waals surface area contributed by atoms with E-state index in [1.807, 2.05) is 0 Å². The number of ether oxygens (including phenoxy) is 1. The van der Waals surface area contributed by atoms with E-state index in [9.17, 15) is 0 Å². The fraction of sp³-hybridized carbons (Fsp3) is 0.700. The molecular formula is C10H16N2OS. The molecule has 2 heterocycles. The second-order valence-corrected chi connectivity index (χ2v) is 4.67. The van der Waals surface area contributed by atoms with E-state index in [-0.39, 0.29) is 0 Å². The molecular weight excluding hydrogens is 196 g/mol. The van der Waals surface area contributed by atoms with Crippen LogP contribution in [0.3, 0.4) is 0 Å². The zero-order valence-corrected chi connectivity index (χ0v) is 9.27. The molecule has 0 saturated carbocycles. The lowest BCUT2D eigenvalue weighted by molar-refractivity contribution is 0.184. The van der Waals surface area contributed by atoms with Crippen molar-refractivity contribution in [2.24, 2.45) is 5.92 Å². The highest BCUT2D eigenvalue weighted by molar-refractivity contribution is 7.09. The summed E-state index contributed by atoms with van der Waals surface area (Å²) in [6, 6.07) is 0. The number of thiazole rings is 1. The van der Waals surface area contributed by atoms with Gasteiger partial charge in [-0.15, -0.1) is 11.3 Å². The second kappa shape index (κ2) is 4.87. The molecule has 0 radical (unpaired) electrons. The lowest BCUT2D eigenvalue weighted by Crippen LogP contribution is -2.10. The van der Waals surface area contributed by atoms with Crippen LogP contribution in [0.2, 0.25) is 0 Å². The lowest BCUT2D eigenvalue weighted by atomic mass is 10.0. The molecule has 1 aliphatic rings. The Morgan fingerprint density at radius 2 is 2.64 bits per heavy atom. The Kier molecular flexibility index (Phi) is 3.50. The predicted octanol–water partition coefficient (Wildman–Crippen LogP) is 1.44. The first-order valence-electron chi connectivity index (χ1n) is 5.01. The summed E-state index contributed by atoms with van der Waals surface area (Å²) in [5.41, 5.74) is 1.23. The molecule has 78 valence electrons. The van der Waals surface area contributed by atoms with Crippen molar-refractivity contribution in [3.8, 4) is 0 Å². The van der Waals surface area contributed by atoms with Crippen molar-refractivity contribution in [1.82, 2.24) is 10.3 Å². The molecule has 0 spiro atoms. The minimum absolute atomic E-state index is 0.646. The maximum atomic E-state index is 5.05. The summed E-state index contributed by atoms with van der Waals surface area (Å²) in [4.78, 5) is 4.53. The summed E-state index contributed by atoms with van der Waals surface area (Å²) >= 11 is 1.70. The van der Waals surface area contributed by atoms with Crippen LogP contribution in [0.5, 0.6) is 0 Å². The molecule has 0 bridgehead atoms. The standard InChI is InChI=1S/C10H16N2OS/c1-13-6-10-12-9(7-14-10)4-8-2-3-11-5-8/h7-8,11H,2-6H2,1H3. The van der Waals surface area contributed by atoms with E-state index in [2.05, 4.69) is 15.7 Å². The van der Waals surface area contributed by atoms with Gasteiger partial charge in [-0.05, 0) is 31.8 Å². The highest BCUT2D eigenvalue weighted by atomic mass is 32.1. The van der Waals surface area contributed by atoms with Gasteiger partial charge in [0.1, 0.15) is 5.01 Å². The summed E-state index contributed by atoms with van der Waals surface area (Å²) in [7, 11) is 1.71. The summed E-state index contributed by atoms with van der Waals surface area (Å²) in [5, 5.41) is 6.63. The zero-order valence-electron chi connectivity index (χ0n) is 8.45. The van der Waals surface area contributed by atoms with Gasteiger partial charge < -0.3 is 10.1 Å². The zero-order chi connectivity index (χ0) is 9.80. The van der Waals surface area contributed by atoms with Gasteiger partial charge in [-0.1, -0.05) is 0 Å². The van der Waals surface area contributed by atoms with Crippen molar-refractivity contribution in [2.75, 3.05) is 20.2 Å². The molecule has 14 heavy (non-hydrogen) atoms. The average molecular weight is 212 g/mol. The molecule has 1 saturated heterocycles. The first-order chi connectivity index (χ1) is 6.88. The van der Waals surface area contributed by atoms with Crippen LogP contribution in [0.4, 0.5) is 0 Å². The smallest absolute Gasteiger partial charge is 0.119 e. The van der Waals surface area contributed by atoms with Crippen LogP contribution >= 0.6 is 11.3 Å². The maximum Gasteiger partial charge on any atom is 0.119 e. The molecule has 1 N–H and O–H groups in total. The fourth-order valence-corrected chi connectivity index (χ4v) is 2.59. The first-order valence-corrected chi connectivity index (χ1v) is 5.89. The van der Waals surface area contributed by atoms with E-state index in [4.69, 9.17) is 4.74 Å². The van der Waals surface area contributed by atoms with Crippen LogP contribution in [-0.4, -0.2) is 25.2 Å². The molecule has 0 aliphatic carbocycles. The van der Waals surface area contributed by atoms with Crippen LogP contribution < -0.4 is 5.32 Å². The van der Waals surface area contributed by atoms with Crippen LogP contribution in [0.15, 0.2) is 5.38 Å². The minimum atomic E-state index is 0.646. The van der Waals surface area contributed by atoms with Crippen molar-refractivity contribution in [3.05, 3.63) is 16.1 Å². The van der Waals surface area contributed by atoms with Crippen molar-refractivity contribution >= 4 is 11.3 Å². The summed E-state index contributed by atoms with van der Waals surface area (Å²) < 4.78 is 5.05. The van der Waals surface area contributed by atoms with Gasteiger partial charge in [-0.25, -0.2) is 4.98 Å². The number of rotatable bonds is 4. The van der Waals surface area contributed by atoms with E-state index in [1.54, 1.807) is 18.4 Å². The van der Waals surface area contributed by atoms with E-state index < -0.39 is 0 Å². The Bertz CT molecular complexity index is 281. The first kappa shape index (κ1) is 10.1. The highest BCUT2D eigenvalue weighted by Gasteiger charge is 2.16. The summed E-state index contributed by atoms with van der Waals surface area (Å²) in [6.45, 7) is 2.96. The Morgan fingerprint density at radius 1 is 1.71 bits per heavy atom. The summed E-state index contributed by atoms with van der Waals surface area (Å²) in [6.07, 6.45) is 2.41. The fourth-order valence-electron chi connectivity index (χ4n) is 1.82. The Balaban J connectivity index is 1.88. The van der Waals surface area contributed by atoms with Crippen LogP contribution in [0.25, 0.3) is 0 Å². The highest BCUT2D eigenvalue weighted by Crippen LogP contribution is 2.17. The molecule has 1 unspecified atom stereocenters. The monoisotopic (exact) mass is 212 g/mol. The third-order valence-electron chi connectivity index (χ3n) is 2.53. The number of aromatic nitrogens is 1. The molecule has 1 atom stereocenters. The molecule has 3 nitrogen and oxygen atoms in total. The van der Waals surface area contributed by atoms with E-state index >= 15 is 0 Å². The van der Waals surface area contributed by atoms with Crippen molar-refractivity contribution in [2.45, 2.75) is 19.4 Å². The van der Waals surface area contributed by atoms with Crippen LogP contribution in [0.1, 0.15) is 17.1 Å². The van der Waals surface area contributed by atoms with Crippen molar-refractivity contribution in [1.29, 1.82) is 0 Å². The molecule has 1 aromatic rings. The van der Waals surface area contributed by atoms with Gasteiger partial charge in [-0.2, -0.15) is 0 Å². The molecule has 0 amide bonds. The third-order valence-corrected chi connectivity index (χ3v) is 3.40. The second-order valence-electron chi connectivity index (χ2n) is 3.73. The number of hydrogen-bond donors (Lipinski definition) is 1. The summed E-state index contributed by atoms with van der Waals surface area (Å²) in [5.74, 6) is 0.785. The molecule has 4 heteroatoms. The van der Waals surface area contributed by atoms with Gasteiger partial charge in [0.15, 0.2) is 0 Å². The van der Waals surface area contributed by atoms with Gasteiger partial charge in [0.25, 0.3) is 0 Å². The van der Waals surface area contributed by atoms with Gasteiger partial charge in [0, 0.05) is 12.5 Å². The van der Waals surface area contributed by atoms with E-state index in [0.717, 1.165) is 23.9 Å². The van der Waals surface area contributed by atoms with E-state index in [1.165, 1.54) is 18.7 Å². The maximum absolute atomic E-state index is 5.05. The number of hydrogen-bond acceptors (Lipinski definition) is 4. The number of nitrogens with zero attached hydrogens (tertiary/aromatic N) is 1. The molecule has 0 aromatic carbocycles. The van der Waals surface area contributed by atoms with Gasteiger partial charge in [0.2, 0.25) is 0 Å². The minimum Gasteiger partial charge on any atom is -0.378 e. The topological polar surface area (TPSA) is 34.1 Å². The van der Waals surface area contributed by atoms with Gasteiger partial charge >= 0.3 is 0 Å². The quantitative estimate of drug-likeness (QED) is 0.820. The largest absolute Gasteiger partial charge is 0.378 e. The normalized spacial score (nSPS) is 21.6. The molecule has 1 aromatic heterocycles. The number of methoxy groups -OCH3 is 1. The lowest BCUT2D eigenvalue weighted by Gasteiger charge is -2.03. The van der Waals surface area contributed by atoms with Crippen molar-refractivity contribution < 1.29 is 4.74 Å². The van der Waals surface area contributed by atoms with Crippen LogP contribution in [0, 0.1) is 5.92 Å². The Hall–Kier alpha value is -0.450.